The van der Waals surface area contributed by atoms with E-state index in [0.29, 0.717) is 11.0 Å². The summed E-state index contributed by atoms with van der Waals surface area (Å²) in [6.07, 6.45) is -0.914. The largest absolute Gasteiger partial charge is 0.481 e. The van der Waals surface area contributed by atoms with Crippen molar-refractivity contribution in [3.63, 3.8) is 0 Å². The van der Waals surface area contributed by atoms with Crippen molar-refractivity contribution >= 4 is 17.9 Å². The molecule has 1 unspecified atom stereocenters. The molecule has 0 aliphatic carbocycles. The van der Waals surface area contributed by atoms with Crippen molar-refractivity contribution < 1.29 is 29.4 Å². The zero-order valence-corrected chi connectivity index (χ0v) is 12.3. The summed E-state index contributed by atoms with van der Waals surface area (Å²) in [7, 11) is 7.16. The van der Waals surface area contributed by atoms with Gasteiger partial charge in [-0.3, -0.25) is 15.0 Å². The van der Waals surface area contributed by atoms with Gasteiger partial charge in [0.05, 0.1) is 27.6 Å². The van der Waals surface area contributed by atoms with E-state index in [1.165, 1.54) is 7.05 Å². The number of hydrogen-bond acceptors (Lipinski definition) is 4. The Morgan fingerprint density at radius 2 is 1.70 bits per heavy atom. The molecule has 0 aliphatic rings. The molecule has 9 heteroatoms. The van der Waals surface area contributed by atoms with Gasteiger partial charge in [-0.05, 0) is 0 Å². The van der Waals surface area contributed by atoms with Gasteiger partial charge in [-0.2, -0.15) is 0 Å². The van der Waals surface area contributed by atoms with Gasteiger partial charge in [0, 0.05) is 7.05 Å². The third kappa shape index (κ3) is 16.1. The predicted molar refractivity (Wildman–Crippen MR) is 73.3 cm³/mol. The Kier molecular flexibility index (Phi) is 9.30. The Balaban J connectivity index is 0. The zero-order chi connectivity index (χ0) is 16.5. The topological polar surface area (TPSA) is 148 Å². The fourth-order valence-corrected chi connectivity index (χ4v) is 1.19. The van der Waals surface area contributed by atoms with Crippen molar-refractivity contribution in [2.24, 2.45) is 5.73 Å². The van der Waals surface area contributed by atoms with Crippen molar-refractivity contribution in [2.45, 2.75) is 12.5 Å². The lowest BCUT2D eigenvalue weighted by molar-refractivity contribution is -0.873. The van der Waals surface area contributed by atoms with E-state index in [4.69, 9.17) is 26.5 Å². The van der Waals surface area contributed by atoms with Crippen LogP contribution in [0, 0.1) is 5.41 Å². The van der Waals surface area contributed by atoms with Crippen molar-refractivity contribution in [3.8, 4) is 0 Å². The summed E-state index contributed by atoms with van der Waals surface area (Å²) < 4.78 is 0.578. The number of aliphatic hydroxyl groups is 1. The minimum atomic E-state index is -0.993. The molecule has 0 spiro atoms. The maximum atomic E-state index is 10.1. The van der Waals surface area contributed by atoms with E-state index < -0.39 is 18.0 Å². The highest BCUT2D eigenvalue weighted by Gasteiger charge is 2.17. The molecule has 118 valence electrons. The summed E-state index contributed by atoms with van der Waals surface area (Å²) in [6, 6.07) is 0. The van der Waals surface area contributed by atoms with Gasteiger partial charge in [0.25, 0.3) is 0 Å². The first-order valence-electron chi connectivity index (χ1n) is 5.82. The van der Waals surface area contributed by atoms with Crippen molar-refractivity contribution in [3.05, 3.63) is 0 Å². The van der Waals surface area contributed by atoms with Crippen LogP contribution < -0.4 is 5.73 Å². The molecule has 0 amide bonds. The monoisotopic (exact) mass is 293 g/mol. The second kappa shape index (κ2) is 9.10. The summed E-state index contributed by atoms with van der Waals surface area (Å²) in [6.45, 7) is 0.238. The van der Waals surface area contributed by atoms with Gasteiger partial charge < -0.3 is 30.4 Å². The fraction of sp³-hybridized carbons (Fsp3) is 0.727. The number of aliphatic hydroxyl groups excluding tert-OH is 1. The van der Waals surface area contributed by atoms with Crippen molar-refractivity contribution in [2.75, 3.05) is 41.3 Å². The second-order valence-electron chi connectivity index (χ2n) is 5.36. The molecule has 0 bridgehead atoms. The SMILES string of the molecule is CN(CC(=O)O)C(=N)N.C[N+](C)(C)CC(O)CC(=O)O. The Labute approximate surface area is 118 Å². The quantitative estimate of drug-likeness (QED) is 0.225. The molecule has 6 N–H and O–H groups in total. The average Bonchev–Trinajstić information content (AvgIpc) is 2.12. The molecule has 0 aromatic heterocycles. The van der Waals surface area contributed by atoms with Crippen LogP contribution in [-0.4, -0.2) is 90.0 Å². The third-order valence-electron chi connectivity index (χ3n) is 1.95. The fourth-order valence-electron chi connectivity index (χ4n) is 1.19. The number of carboxylic acids is 2. The Bertz CT molecular complexity index is 340. The van der Waals surface area contributed by atoms with Gasteiger partial charge >= 0.3 is 11.9 Å². The number of likely N-dealkylation sites (N-methyl/N-ethyl adjacent to an activating group) is 2. The number of nitrogens with zero attached hydrogens (tertiary/aromatic N) is 2. The molecule has 0 aromatic carbocycles. The van der Waals surface area contributed by atoms with Crippen molar-refractivity contribution in [1.82, 2.24) is 4.90 Å². The summed E-state index contributed by atoms with van der Waals surface area (Å²) >= 11 is 0. The molecule has 0 rings (SSSR count). The lowest BCUT2D eigenvalue weighted by atomic mass is 10.2. The van der Waals surface area contributed by atoms with E-state index in [1.54, 1.807) is 0 Å². The molecule has 0 radical (unpaired) electrons. The van der Waals surface area contributed by atoms with Crippen LogP contribution in [0.2, 0.25) is 0 Å². The molecule has 0 heterocycles. The van der Waals surface area contributed by atoms with Gasteiger partial charge in [0.15, 0.2) is 5.96 Å². The predicted octanol–water partition coefficient (Wildman–Crippen LogP) is -1.58. The minimum absolute atomic E-state index is 0.171. The van der Waals surface area contributed by atoms with Crippen LogP contribution in [0.1, 0.15) is 6.42 Å². The molecule has 0 saturated heterocycles. The number of carboxylic acid groups (broad SMARTS) is 2. The van der Waals surface area contributed by atoms with Gasteiger partial charge in [0.2, 0.25) is 0 Å². The van der Waals surface area contributed by atoms with Crippen LogP contribution >= 0.6 is 0 Å². The minimum Gasteiger partial charge on any atom is -0.481 e. The highest BCUT2D eigenvalue weighted by molar-refractivity contribution is 5.79. The molecular formula is C11H25N4O5+. The molecule has 9 nitrogen and oxygen atoms in total. The molecule has 0 saturated carbocycles. The van der Waals surface area contributed by atoms with Gasteiger partial charge in [0.1, 0.15) is 19.2 Å². The van der Waals surface area contributed by atoms with Gasteiger partial charge in [-0.1, -0.05) is 0 Å². The Hall–Kier alpha value is -1.87. The number of aliphatic carboxylic acids is 2. The standard InChI is InChI=1S/C7H15NO3.C4H9N3O2/c1-8(2,3)5-6(9)4-7(10)11;1-7(4(5)6)2-3(8)9/h6,9H,4-5H2,1-3H3;2H2,1H3,(H3,5,6)(H,8,9)/p+1. The van der Waals surface area contributed by atoms with Gasteiger partial charge in [-0.25, -0.2) is 0 Å². The van der Waals surface area contributed by atoms with Gasteiger partial charge in [-0.15, -0.1) is 0 Å². The lowest BCUT2D eigenvalue weighted by Gasteiger charge is -2.25. The van der Waals surface area contributed by atoms with Crippen LogP contribution in [0.25, 0.3) is 0 Å². The average molecular weight is 293 g/mol. The van der Waals surface area contributed by atoms with Crippen LogP contribution in [0.5, 0.6) is 0 Å². The van der Waals surface area contributed by atoms with E-state index in [1.807, 2.05) is 21.1 Å². The number of nitrogens with one attached hydrogen (secondary N) is 1. The number of nitrogens with two attached hydrogens (primary N) is 1. The van der Waals surface area contributed by atoms with Crippen LogP contribution in [0.15, 0.2) is 0 Å². The van der Waals surface area contributed by atoms with E-state index in [-0.39, 0.29) is 18.9 Å². The number of hydrogen-bond donors (Lipinski definition) is 5. The van der Waals surface area contributed by atoms with Crippen LogP contribution in [0.4, 0.5) is 0 Å². The Morgan fingerprint density at radius 1 is 1.25 bits per heavy atom. The molecule has 0 fully saturated rings. The van der Waals surface area contributed by atoms with Crippen LogP contribution in [0.3, 0.4) is 0 Å². The molecule has 0 aliphatic heterocycles. The first kappa shape index (κ1) is 20.4. The summed E-state index contributed by atoms with van der Waals surface area (Å²) in [4.78, 5) is 21.2. The normalized spacial score (nSPS) is 11.8. The number of carbonyl (C=O) groups is 2. The number of quaternary nitrogens is 1. The van der Waals surface area contributed by atoms with Crippen molar-refractivity contribution in [1.29, 1.82) is 5.41 Å². The molecule has 0 aromatic rings. The molecular weight excluding hydrogens is 268 g/mol. The summed E-state index contributed by atoms with van der Waals surface area (Å²) in [5.74, 6) is -2.18. The lowest BCUT2D eigenvalue weighted by Crippen LogP contribution is -2.42. The smallest absolute Gasteiger partial charge is 0.323 e. The summed E-state index contributed by atoms with van der Waals surface area (Å²) in [5.41, 5.74) is 4.93. The molecule has 1 atom stereocenters. The highest BCUT2D eigenvalue weighted by atomic mass is 16.4. The molecule has 20 heavy (non-hydrogen) atoms. The zero-order valence-electron chi connectivity index (χ0n) is 12.3. The summed E-state index contributed by atoms with van der Waals surface area (Å²) in [5, 5.41) is 32.3. The maximum Gasteiger partial charge on any atom is 0.323 e. The number of rotatable bonds is 6. The first-order chi connectivity index (χ1) is 8.85. The third-order valence-corrected chi connectivity index (χ3v) is 1.95. The second-order valence-corrected chi connectivity index (χ2v) is 5.36. The van der Waals surface area contributed by atoms with E-state index in [2.05, 4.69) is 0 Å². The van der Waals surface area contributed by atoms with E-state index in [9.17, 15) is 9.59 Å². The van der Waals surface area contributed by atoms with E-state index in [0.717, 1.165) is 4.90 Å². The highest BCUT2D eigenvalue weighted by Crippen LogP contribution is 1.98. The van der Waals surface area contributed by atoms with Crippen LogP contribution in [-0.2, 0) is 9.59 Å². The maximum absolute atomic E-state index is 10.1. The van der Waals surface area contributed by atoms with E-state index >= 15 is 0 Å². The first-order valence-corrected chi connectivity index (χ1v) is 5.82. The Morgan fingerprint density at radius 3 is 1.90 bits per heavy atom. The number of guanidine groups is 1.